The van der Waals surface area contributed by atoms with Crippen LogP contribution in [0.5, 0.6) is 23.0 Å². The topological polar surface area (TPSA) is 77.5 Å². The quantitative estimate of drug-likeness (QED) is 0.0622. The van der Waals surface area contributed by atoms with E-state index in [0.717, 1.165) is 115 Å². The van der Waals surface area contributed by atoms with Crippen LogP contribution in [0.1, 0.15) is 209 Å². The smallest absolute Gasteiger partial charge is 0.415 e. The van der Waals surface area contributed by atoms with Crippen molar-refractivity contribution in [3.63, 3.8) is 0 Å². The minimum atomic E-state index is -0.229. The number of rotatable bonds is 39. The molecule has 0 aliphatic rings. The molecule has 0 saturated heterocycles. The molecular formula is C56H96N2O6. The lowest BCUT2D eigenvalue weighted by Gasteiger charge is -2.30. The summed E-state index contributed by atoms with van der Waals surface area (Å²) in [5.41, 5.74) is 0. The van der Waals surface area contributed by atoms with E-state index in [1.165, 1.54) is 77.0 Å². The van der Waals surface area contributed by atoms with E-state index in [0.29, 0.717) is 48.4 Å². The number of hydrogen-bond donors (Lipinski definition) is 0. The lowest BCUT2D eigenvalue weighted by Crippen LogP contribution is -2.40. The average molecular weight is 893 g/mol. The highest BCUT2D eigenvalue weighted by Gasteiger charge is 2.25. The maximum Gasteiger partial charge on any atom is 0.415 e. The van der Waals surface area contributed by atoms with E-state index in [-0.39, 0.29) is 12.2 Å². The molecule has 2 rings (SSSR count). The van der Waals surface area contributed by atoms with Gasteiger partial charge in [0.1, 0.15) is 23.0 Å². The SMILES string of the molecule is CCCCC(CC)CN(CC(CC)CCCC)C(=O)Oc1ccc(OCCCCCCCCCCOc2ccc(OC(=O)N(CC(CC)CCCC)CC(CC)CCCC)cc2)cc1. The van der Waals surface area contributed by atoms with Gasteiger partial charge in [-0.25, -0.2) is 9.59 Å². The molecule has 0 aliphatic carbocycles. The van der Waals surface area contributed by atoms with Crippen molar-refractivity contribution < 1.29 is 28.5 Å². The van der Waals surface area contributed by atoms with Crippen LogP contribution in [0.4, 0.5) is 9.59 Å². The van der Waals surface area contributed by atoms with Gasteiger partial charge in [-0.15, -0.1) is 0 Å². The molecule has 8 nitrogen and oxygen atoms in total. The van der Waals surface area contributed by atoms with Crippen LogP contribution in [0, 0.1) is 23.7 Å². The number of ether oxygens (including phenoxy) is 4. The number of nitrogens with zero attached hydrogens (tertiary/aromatic N) is 2. The van der Waals surface area contributed by atoms with Gasteiger partial charge in [-0.05, 0) is 111 Å². The fourth-order valence-corrected chi connectivity index (χ4v) is 8.55. The van der Waals surface area contributed by atoms with Crippen molar-refractivity contribution in [2.24, 2.45) is 23.7 Å². The van der Waals surface area contributed by atoms with Crippen LogP contribution < -0.4 is 18.9 Å². The number of carbonyl (C=O) groups is 2. The fourth-order valence-electron chi connectivity index (χ4n) is 8.55. The zero-order chi connectivity index (χ0) is 46.6. The third-order valence-corrected chi connectivity index (χ3v) is 13.2. The van der Waals surface area contributed by atoms with Crippen molar-refractivity contribution in [3.05, 3.63) is 48.5 Å². The third kappa shape index (κ3) is 25.3. The highest BCUT2D eigenvalue weighted by atomic mass is 16.6. The Balaban J connectivity index is 1.65. The molecule has 366 valence electrons. The second-order valence-corrected chi connectivity index (χ2v) is 18.7. The Morgan fingerprint density at radius 3 is 0.875 bits per heavy atom. The molecule has 0 aliphatic heterocycles. The van der Waals surface area contributed by atoms with E-state index >= 15 is 0 Å². The van der Waals surface area contributed by atoms with Crippen molar-refractivity contribution in [3.8, 4) is 23.0 Å². The first-order chi connectivity index (χ1) is 31.2. The molecule has 2 aromatic rings. The number of unbranched alkanes of at least 4 members (excludes halogenated alkanes) is 11. The Morgan fingerprint density at radius 1 is 0.375 bits per heavy atom. The van der Waals surface area contributed by atoms with Gasteiger partial charge in [0, 0.05) is 26.2 Å². The van der Waals surface area contributed by atoms with Crippen LogP contribution in [0.15, 0.2) is 48.5 Å². The highest BCUT2D eigenvalue weighted by Crippen LogP contribution is 2.25. The minimum absolute atomic E-state index is 0.229. The molecule has 0 N–H and O–H groups in total. The Bertz CT molecular complexity index is 1270. The van der Waals surface area contributed by atoms with Gasteiger partial charge < -0.3 is 28.7 Å². The normalized spacial score (nSPS) is 13.2. The summed E-state index contributed by atoms with van der Waals surface area (Å²) >= 11 is 0. The molecule has 4 atom stereocenters. The molecular weight excluding hydrogens is 797 g/mol. The zero-order valence-corrected chi connectivity index (χ0v) is 42.5. The lowest BCUT2D eigenvalue weighted by atomic mass is 9.96. The molecule has 2 aromatic carbocycles. The van der Waals surface area contributed by atoms with Crippen molar-refractivity contribution >= 4 is 12.2 Å². The fraction of sp³-hybridized carbons (Fsp3) is 0.750. The van der Waals surface area contributed by atoms with E-state index in [2.05, 4.69) is 55.4 Å². The highest BCUT2D eigenvalue weighted by molar-refractivity contribution is 5.71. The summed E-state index contributed by atoms with van der Waals surface area (Å²) < 4.78 is 23.9. The number of carbonyl (C=O) groups excluding carboxylic acids is 2. The average Bonchev–Trinajstić information content (AvgIpc) is 3.31. The first kappa shape index (κ1) is 56.7. The van der Waals surface area contributed by atoms with Crippen molar-refractivity contribution in [1.29, 1.82) is 0 Å². The molecule has 8 heteroatoms. The van der Waals surface area contributed by atoms with E-state index in [9.17, 15) is 9.59 Å². The number of benzene rings is 2. The van der Waals surface area contributed by atoms with Crippen LogP contribution in [0.25, 0.3) is 0 Å². The molecule has 0 aromatic heterocycles. The lowest BCUT2D eigenvalue weighted by molar-refractivity contribution is 0.129. The van der Waals surface area contributed by atoms with Gasteiger partial charge in [-0.1, -0.05) is 171 Å². The first-order valence-corrected chi connectivity index (χ1v) is 26.6. The monoisotopic (exact) mass is 893 g/mol. The van der Waals surface area contributed by atoms with Gasteiger partial charge in [-0.3, -0.25) is 0 Å². The Hall–Kier alpha value is -3.42. The summed E-state index contributed by atoms with van der Waals surface area (Å²) in [7, 11) is 0. The zero-order valence-electron chi connectivity index (χ0n) is 42.5. The van der Waals surface area contributed by atoms with Gasteiger partial charge in [0.05, 0.1) is 13.2 Å². The molecule has 0 saturated carbocycles. The van der Waals surface area contributed by atoms with E-state index in [4.69, 9.17) is 18.9 Å². The maximum absolute atomic E-state index is 13.5. The standard InChI is InChI=1S/C56H96N2O6/c1-9-17-29-47(13-5)43-57(44-48(14-6)30-18-10-2)55(59)63-53-37-33-51(34-38-53)61-41-27-25-23-21-22-24-26-28-42-62-52-35-39-54(40-36-52)64-56(60)58(45-49(15-7)31-19-11-3)46-50(16-8)32-20-12-4/h33-40,47-50H,9-32,41-46H2,1-8H3. The van der Waals surface area contributed by atoms with Crippen LogP contribution in [-0.4, -0.2) is 61.4 Å². The van der Waals surface area contributed by atoms with Gasteiger partial charge >= 0.3 is 12.2 Å². The summed E-state index contributed by atoms with van der Waals surface area (Å²) in [6, 6.07) is 15.1. The molecule has 4 unspecified atom stereocenters. The predicted octanol–water partition coefficient (Wildman–Crippen LogP) is 16.7. The summed E-state index contributed by atoms with van der Waals surface area (Å²) in [4.78, 5) is 30.9. The molecule has 0 fully saturated rings. The number of hydrogen-bond acceptors (Lipinski definition) is 6. The second kappa shape index (κ2) is 36.8. The summed E-state index contributed by atoms with van der Waals surface area (Å²) in [6.07, 6.45) is 27.3. The van der Waals surface area contributed by atoms with Crippen LogP contribution >= 0.6 is 0 Å². The Kier molecular flexibility index (Phi) is 32.6. The van der Waals surface area contributed by atoms with E-state index in [1.54, 1.807) is 0 Å². The van der Waals surface area contributed by atoms with Gasteiger partial charge in [0.15, 0.2) is 0 Å². The molecule has 0 heterocycles. The number of amides is 2. The van der Waals surface area contributed by atoms with Crippen molar-refractivity contribution in [1.82, 2.24) is 9.80 Å². The van der Waals surface area contributed by atoms with Crippen molar-refractivity contribution in [2.75, 3.05) is 39.4 Å². The van der Waals surface area contributed by atoms with Crippen molar-refractivity contribution in [2.45, 2.75) is 209 Å². The molecule has 2 amide bonds. The van der Waals surface area contributed by atoms with Gasteiger partial charge in [0.25, 0.3) is 0 Å². The Labute approximate surface area is 393 Å². The summed E-state index contributed by atoms with van der Waals surface area (Å²) in [5, 5.41) is 0. The van der Waals surface area contributed by atoms with Crippen LogP contribution in [-0.2, 0) is 0 Å². The molecule has 0 bridgehead atoms. The van der Waals surface area contributed by atoms with Gasteiger partial charge in [-0.2, -0.15) is 0 Å². The van der Waals surface area contributed by atoms with Crippen LogP contribution in [0.2, 0.25) is 0 Å². The van der Waals surface area contributed by atoms with Gasteiger partial charge in [0.2, 0.25) is 0 Å². The largest absolute Gasteiger partial charge is 0.494 e. The summed E-state index contributed by atoms with van der Waals surface area (Å²) in [6.45, 7) is 22.3. The maximum atomic E-state index is 13.5. The molecule has 0 spiro atoms. The van der Waals surface area contributed by atoms with E-state index in [1.807, 2.05) is 58.3 Å². The summed E-state index contributed by atoms with van der Waals surface area (Å²) in [5.74, 6) is 4.79. The minimum Gasteiger partial charge on any atom is -0.494 e. The Morgan fingerprint density at radius 2 is 0.625 bits per heavy atom. The first-order valence-electron chi connectivity index (χ1n) is 26.6. The molecule has 0 radical (unpaired) electrons. The third-order valence-electron chi connectivity index (χ3n) is 13.2. The van der Waals surface area contributed by atoms with E-state index < -0.39 is 0 Å². The predicted molar refractivity (Wildman–Crippen MR) is 269 cm³/mol. The van der Waals surface area contributed by atoms with Crippen LogP contribution in [0.3, 0.4) is 0 Å². The second-order valence-electron chi connectivity index (χ2n) is 18.7. The molecule has 64 heavy (non-hydrogen) atoms.